The van der Waals surface area contributed by atoms with Gasteiger partial charge in [-0.05, 0) is 23.3 Å². The molecule has 0 saturated carbocycles. The molecule has 0 spiro atoms. The first-order valence-corrected chi connectivity index (χ1v) is 7.25. The van der Waals surface area contributed by atoms with E-state index in [1.54, 1.807) is 0 Å². The molecule has 1 aromatic carbocycles. The number of hydrogen-bond acceptors (Lipinski definition) is 3. The van der Waals surface area contributed by atoms with Crippen LogP contribution in [0.25, 0.3) is 6.08 Å². The summed E-state index contributed by atoms with van der Waals surface area (Å²) >= 11 is 0. The van der Waals surface area contributed by atoms with Crippen LogP contribution >= 0.6 is 0 Å². The third-order valence-electron chi connectivity index (χ3n) is 2.71. The van der Waals surface area contributed by atoms with Gasteiger partial charge in [-0.25, -0.2) is 17.6 Å². The van der Waals surface area contributed by atoms with Crippen LogP contribution in [-0.4, -0.2) is 25.7 Å². The van der Waals surface area contributed by atoms with E-state index in [9.17, 15) is 17.6 Å². The number of benzene rings is 1. The van der Waals surface area contributed by atoms with Crippen molar-refractivity contribution in [2.75, 3.05) is 6.26 Å². The van der Waals surface area contributed by atoms with E-state index < -0.39 is 21.6 Å². The number of carbonyl (C=O) groups is 1. The molecular weight excluding hydrogens is 259 g/mol. The number of halogens is 1. The van der Waals surface area contributed by atoms with Crippen LogP contribution in [0.1, 0.15) is 16.7 Å². The Balaban J connectivity index is 2.40. The quantitative estimate of drug-likeness (QED) is 0.901. The second-order valence-corrected chi connectivity index (χ2v) is 6.50. The fraction of sp³-hybridized carbons (Fsp3) is 0.250. The van der Waals surface area contributed by atoms with Gasteiger partial charge in [-0.2, -0.15) is 0 Å². The minimum atomic E-state index is -3.32. The van der Waals surface area contributed by atoms with Crippen LogP contribution in [0.15, 0.2) is 17.7 Å². The highest BCUT2D eigenvalue weighted by atomic mass is 32.2. The molecule has 0 bridgehead atoms. The summed E-state index contributed by atoms with van der Waals surface area (Å²) in [5.74, 6) is -2.05. The Morgan fingerprint density at radius 3 is 2.67 bits per heavy atom. The maximum Gasteiger partial charge on any atom is 0.331 e. The van der Waals surface area contributed by atoms with Gasteiger partial charge < -0.3 is 5.11 Å². The highest BCUT2D eigenvalue weighted by Gasteiger charge is 2.21. The van der Waals surface area contributed by atoms with Crippen molar-refractivity contribution in [1.29, 1.82) is 0 Å². The zero-order chi connectivity index (χ0) is 13.5. The van der Waals surface area contributed by atoms with Crippen molar-refractivity contribution in [2.24, 2.45) is 0 Å². The fourth-order valence-electron chi connectivity index (χ4n) is 1.95. The Bertz CT molecular complexity index is 659. The maximum absolute atomic E-state index is 13.7. The summed E-state index contributed by atoms with van der Waals surface area (Å²) < 4.78 is 36.0. The van der Waals surface area contributed by atoms with Crippen LogP contribution in [0.3, 0.4) is 0 Å². The maximum atomic E-state index is 13.7. The van der Waals surface area contributed by atoms with E-state index in [2.05, 4.69) is 0 Å². The molecule has 0 unspecified atom stereocenters. The van der Waals surface area contributed by atoms with Crippen molar-refractivity contribution in [2.45, 2.75) is 12.2 Å². The van der Waals surface area contributed by atoms with E-state index in [1.807, 2.05) is 0 Å². The molecule has 0 heterocycles. The van der Waals surface area contributed by atoms with Gasteiger partial charge in [-0.3, -0.25) is 0 Å². The Kier molecular flexibility index (Phi) is 2.98. The van der Waals surface area contributed by atoms with Crippen molar-refractivity contribution in [1.82, 2.24) is 0 Å². The largest absolute Gasteiger partial charge is 0.478 e. The molecular formula is C12H11FO4S. The first kappa shape index (κ1) is 12.8. The smallest absolute Gasteiger partial charge is 0.331 e. The van der Waals surface area contributed by atoms with Crippen molar-refractivity contribution >= 4 is 21.9 Å². The van der Waals surface area contributed by atoms with Gasteiger partial charge >= 0.3 is 5.97 Å². The second-order valence-electron chi connectivity index (χ2n) is 4.36. The molecule has 0 radical (unpaired) electrons. The standard InChI is InChI=1S/C12H11FO4S/c1-18(16,17)6-10-4-7-2-9(12(14)15)3-8(7)5-11(10)13/h3-5H,2,6H2,1H3,(H,14,15). The monoisotopic (exact) mass is 270 g/mol. The molecule has 0 atom stereocenters. The molecule has 6 heteroatoms. The molecule has 96 valence electrons. The number of aliphatic carboxylic acids is 1. The van der Waals surface area contributed by atoms with E-state index >= 15 is 0 Å². The second kappa shape index (κ2) is 4.20. The molecule has 1 aromatic rings. The topological polar surface area (TPSA) is 71.4 Å². The zero-order valence-electron chi connectivity index (χ0n) is 9.60. The molecule has 4 nitrogen and oxygen atoms in total. The van der Waals surface area contributed by atoms with Crippen LogP contribution in [-0.2, 0) is 26.8 Å². The Labute approximate surface area is 104 Å². The van der Waals surface area contributed by atoms with E-state index in [0.29, 0.717) is 11.1 Å². The Morgan fingerprint density at radius 2 is 2.11 bits per heavy atom. The summed E-state index contributed by atoms with van der Waals surface area (Å²) in [4.78, 5) is 10.8. The van der Waals surface area contributed by atoms with Crippen LogP contribution in [0.4, 0.5) is 4.39 Å². The highest BCUT2D eigenvalue weighted by Crippen LogP contribution is 2.28. The molecule has 0 amide bonds. The fourth-order valence-corrected chi connectivity index (χ4v) is 2.73. The lowest BCUT2D eigenvalue weighted by Gasteiger charge is -2.05. The van der Waals surface area contributed by atoms with Gasteiger partial charge in [0, 0.05) is 23.8 Å². The number of hydrogen-bond donors (Lipinski definition) is 1. The Hall–Kier alpha value is -1.69. The number of carboxylic acids is 1. The molecule has 1 aliphatic carbocycles. The normalized spacial score (nSPS) is 14.2. The van der Waals surface area contributed by atoms with Gasteiger partial charge in [-0.1, -0.05) is 6.07 Å². The number of carboxylic acid groups (broad SMARTS) is 1. The molecule has 0 aromatic heterocycles. The van der Waals surface area contributed by atoms with E-state index in [4.69, 9.17) is 5.11 Å². The van der Waals surface area contributed by atoms with Crippen LogP contribution in [0.2, 0.25) is 0 Å². The number of rotatable bonds is 3. The van der Waals surface area contributed by atoms with Gasteiger partial charge in [0.05, 0.1) is 5.75 Å². The van der Waals surface area contributed by atoms with Crippen molar-refractivity contribution in [3.8, 4) is 0 Å². The average Bonchev–Trinajstić information content (AvgIpc) is 2.59. The summed E-state index contributed by atoms with van der Waals surface area (Å²) in [6.07, 6.45) is 2.63. The van der Waals surface area contributed by atoms with Gasteiger partial charge in [0.15, 0.2) is 9.84 Å². The average molecular weight is 270 g/mol. The lowest BCUT2D eigenvalue weighted by atomic mass is 10.1. The first-order chi connectivity index (χ1) is 8.26. The summed E-state index contributed by atoms with van der Waals surface area (Å²) in [6, 6.07) is 2.62. The predicted molar refractivity (Wildman–Crippen MR) is 64.3 cm³/mol. The predicted octanol–water partition coefficient (Wildman–Crippen LogP) is 1.39. The minimum absolute atomic E-state index is 0.0799. The van der Waals surface area contributed by atoms with Gasteiger partial charge in [0.2, 0.25) is 0 Å². The molecule has 1 N–H and O–H groups in total. The summed E-state index contributed by atoms with van der Waals surface area (Å²) in [7, 11) is -3.32. The molecule has 1 aliphatic rings. The van der Waals surface area contributed by atoms with Crippen molar-refractivity contribution < 1.29 is 22.7 Å². The van der Waals surface area contributed by atoms with Gasteiger partial charge in [0.1, 0.15) is 5.82 Å². The Morgan fingerprint density at radius 1 is 1.44 bits per heavy atom. The highest BCUT2D eigenvalue weighted by molar-refractivity contribution is 7.89. The lowest BCUT2D eigenvalue weighted by molar-refractivity contribution is -0.132. The summed E-state index contributed by atoms with van der Waals surface area (Å²) in [6.45, 7) is 0. The zero-order valence-corrected chi connectivity index (χ0v) is 10.4. The van der Waals surface area contributed by atoms with E-state index in [1.165, 1.54) is 18.2 Å². The third kappa shape index (κ3) is 2.59. The number of sulfone groups is 1. The minimum Gasteiger partial charge on any atom is -0.478 e. The van der Waals surface area contributed by atoms with Crippen molar-refractivity contribution in [3.63, 3.8) is 0 Å². The van der Waals surface area contributed by atoms with Crippen LogP contribution in [0.5, 0.6) is 0 Å². The molecule has 18 heavy (non-hydrogen) atoms. The lowest BCUT2D eigenvalue weighted by Crippen LogP contribution is -2.04. The molecule has 0 saturated heterocycles. The van der Waals surface area contributed by atoms with Gasteiger partial charge in [-0.15, -0.1) is 0 Å². The molecule has 0 fully saturated rings. The van der Waals surface area contributed by atoms with E-state index in [-0.39, 0.29) is 23.3 Å². The first-order valence-electron chi connectivity index (χ1n) is 5.19. The van der Waals surface area contributed by atoms with Crippen molar-refractivity contribution in [3.05, 3.63) is 40.2 Å². The summed E-state index contributed by atoms with van der Waals surface area (Å²) in [5.41, 5.74) is 1.41. The third-order valence-corrected chi connectivity index (χ3v) is 3.55. The molecule has 0 aliphatic heterocycles. The van der Waals surface area contributed by atoms with Gasteiger partial charge in [0.25, 0.3) is 0 Å². The van der Waals surface area contributed by atoms with Crippen LogP contribution in [0, 0.1) is 5.82 Å². The summed E-state index contributed by atoms with van der Waals surface area (Å²) in [5, 5.41) is 8.85. The molecule has 2 rings (SSSR count). The van der Waals surface area contributed by atoms with Crippen LogP contribution < -0.4 is 0 Å². The van der Waals surface area contributed by atoms with E-state index in [0.717, 1.165) is 6.26 Å². The number of fused-ring (bicyclic) bond motifs is 1. The SMILES string of the molecule is CS(=O)(=O)Cc1cc2c(cc1F)C=C(C(=O)O)C2.